The van der Waals surface area contributed by atoms with E-state index in [2.05, 4.69) is 20.9 Å². The fourth-order valence-electron chi connectivity index (χ4n) is 1.72. The molecule has 1 atom stereocenters. The lowest BCUT2D eigenvalue weighted by Crippen LogP contribution is -2.28. The Morgan fingerprint density at radius 2 is 2.13 bits per heavy atom. The molecule has 1 fully saturated rings. The lowest BCUT2D eigenvalue weighted by atomic mass is 9.97. The Hall–Kier alpha value is -0.620. The summed E-state index contributed by atoms with van der Waals surface area (Å²) in [6, 6.07) is 1.32. The maximum Gasteiger partial charge on any atom is 0.260 e. The van der Waals surface area contributed by atoms with Crippen LogP contribution in [0.1, 0.15) is 12.0 Å². The summed E-state index contributed by atoms with van der Waals surface area (Å²) in [5.74, 6) is -3.80. The summed E-state index contributed by atoms with van der Waals surface area (Å²) in [5, 5.41) is 0. The molecule has 0 saturated heterocycles. The van der Waals surface area contributed by atoms with Crippen LogP contribution in [-0.4, -0.2) is 17.5 Å². The zero-order chi connectivity index (χ0) is 11.3. The first-order valence-electron chi connectivity index (χ1n) is 4.32. The van der Waals surface area contributed by atoms with Gasteiger partial charge in [0.05, 0.1) is 5.41 Å². The molecule has 0 aromatic carbocycles. The molecular weight excluding hydrogens is 273 g/mol. The molecule has 1 aliphatic rings. The summed E-state index contributed by atoms with van der Waals surface area (Å²) < 4.78 is 40.1. The van der Waals surface area contributed by atoms with Crippen molar-refractivity contribution in [2.45, 2.75) is 17.8 Å². The van der Waals surface area contributed by atoms with Crippen LogP contribution in [0.25, 0.3) is 0 Å². The van der Waals surface area contributed by atoms with Crippen LogP contribution in [0.4, 0.5) is 13.2 Å². The van der Waals surface area contributed by atoms with Crippen LogP contribution in [0.3, 0.4) is 0 Å². The van der Waals surface area contributed by atoms with E-state index in [4.69, 9.17) is 5.73 Å². The summed E-state index contributed by atoms with van der Waals surface area (Å²) >= 11 is 3.07. The molecule has 1 unspecified atom stereocenters. The first kappa shape index (κ1) is 10.9. The van der Waals surface area contributed by atoms with Gasteiger partial charge in [0.2, 0.25) is 5.95 Å². The van der Waals surface area contributed by atoms with Gasteiger partial charge in [0.25, 0.3) is 5.92 Å². The van der Waals surface area contributed by atoms with Gasteiger partial charge in [-0.15, -0.1) is 0 Å². The van der Waals surface area contributed by atoms with Crippen molar-refractivity contribution in [1.82, 2.24) is 4.98 Å². The molecule has 1 aromatic rings. The number of hydrogen-bond acceptors (Lipinski definition) is 2. The van der Waals surface area contributed by atoms with Gasteiger partial charge in [-0.05, 0) is 22.0 Å². The molecule has 0 bridgehead atoms. The maximum absolute atomic E-state index is 13.3. The molecule has 82 valence electrons. The van der Waals surface area contributed by atoms with Crippen LogP contribution in [0.2, 0.25) is 0 Å². The lowest BCUT2D eigenvalue weighted by molar-refractivity contribution is 0.0884. The Labute approximate surface area is 92.8 Å². The number of halogens is 4. The molecule has 0 amide bonds. The molecule has 2 N–H and O–H groups in total. The molecule has 0 aliphatic heterocycles. The van der Waals surface area contributed by atoms with E-state index in [1.807, 2.05) is 0 Å². The normalized spacial score (nSPS) is 27.8. The minimum Gasteiger partial charge on any atom is -0.329 e. The van der Waals surface area contributed by atoms with Gasteiger partial charge in [0.15, 0.2) is 0 Å². The molecule has 6 heteroatoms. The van der Waals surface area contributed by atoms with Crippen molar-refractivity contribution < 1.29 is 13.2 Å². The minimum absolute atomic E-state index is 0.107. The highest BCUT2D eigenvalue weighted by atomic mass is 79.9. The SMILES string of the molecule is NCC1(c2cc(Br)cnc2F)CC1(F)F. The van der Waals surface area contributed by atoms with Crippen molar-refractivity contribution in [3.8, 4) is 0 Å². The highest BCUT2D eigenvalue weighted by Crippen LogP contribution is 2.61. The second-order valence-corrected chi connectivity index (χ2v) is 4.58. The summed E-state index contributed by atoms with van der Waals surface area (Å²) in [4.78, 5) is 3.40. The third-order valence-electron chi connectivity index (χ3n) is 2.77. The van der Waals surface area contributed by atoms with Gasteiger partial charge in [0.1, 0.15) is 0 Å². The van der Waals surface area contributed by atoms with Crippen molar-refractivity contribution in [1.29, 1.82) is 0 Å². The highest BCUT2D eigenvalue weighted by molar-refractivity contribution is 9.10. The standard InChI is InChI=1S/C9H8BrF3N2/c10-5-1-6(7(11)15-2-5)8(4-14)3-9(8,12)13/h1-2H,3-4,14H2. The van der Waals surface area contributed by atoms with E-state index in [1.165, 1.54) is 12.3 Å². The van der Waals surface area contributed by atoms with E-state index < -0.39 is 23.7 Å². The smallest absolute Gasteiger partial charge is 0.260 e. The van der Waals surface area contributed by atoms with Crippen LogP contribution >= 0.6 is 15.9 Å². The van der Waals surface area contributed by atoms with Crippen molar-refractivity contribution in [3.05, 3.63) is 28.2 Å². The third-order valence-corrected chi connectivity index (χ3v) is 3.20. The third kappa shape index (κ3) is 1.47. The number of nitrogens with two attached hydrogens (primary N) is 1. The molecule has 2 rings (SSSR count). The number of pyridine rings is 1. The highest BCUT2D eigenvalue weighted by Gasteiger charge is 2.72. The summed E-state index contributed by atoms with van der Waals surface area (Å²) in [5.41, 5.74) is 3.64. The van der Waals surface area contributed by atoms with E-state index in [0.29, 0.717) is 4.47 Å². The van der Waals surface area contributed by atoms with Gasteiger partial charge in [-0.25, -0.2) is 13.8 Å². The number of alkyl halides is 2. The number of nitrogens with zero attached hydrogens (tertiary/aromatic N) is 1. The molecular formula is C9H8BrF3N2. The van der Waals surface area contributed by atoms with Crippen molar-refractivity contribution in [2.24, 2.45) is 5.73 Å². The summed E-state index contributed by atoms with van der Waals surface area (Å²) in [6.07, 6.45) is 0.815. The van der Waals surface area contributed by atoms with E-state index in [-0.39, 0.29) is 12.1 Å². The second kappa shape index (κ2) is 3.18. The molecule has 1 saturated carbocycles. The zero-order valence-corrected chi connectivity index (χ0v) is 9.19. The van der Waals surface area contributed by atoms with Crippen LogP contribution in [-0.2, 0) is 5.41 Å². The zero-order valence-electron chi connectivity index (χ0n) is 7.61. The van der Waals surface area contributed by atoms with Gasteiger partial charge < -0.3 is 5.73 Å². The van der Waals surface area contributed by atoms with Gasteiger partial charge in [-0.1, -0.05) is 0 Å². The monoisotopic (exact) mass is 280 g/mol. The lowest BCUT2D eigenvalue weighted by Gasteiger charge is -2.14. The van der Waals surface area contributed by atoms with Crippen LogP contribution in [0, 0.1) is 5.95 Å². The van der Waals surface area contributed by atoms with Crippen molar-refractivity contribution in [2.75, 3.05) is 6.54 Å². The minimum atomic E-state index is -2.93. The van der Waals surface area contributed by atoms with E-state index in [9.17, 15) is 13.2 Å². The Morgan fingerprint density at radius 3 is 2.60 bits per heavy atom. The molecule has 0 spiro atoms. The Morgan fingerprint density at radius 1 is 1.53 bits per heavy atom. The molecule has 15 heavy (non-hydrogen) atoms. The molecule has 1 aromatic heterocycles. The molecule has 1 heterocycles. The number of rotatable bonds is 2. The average Bonchev–Trinajstić information content (AvgIpc) is 2.74. The largest absolute Gasteiger partial charge is 0.329 e. The fraction of sp³-hybridized carbons (Fsp3) is 0.444. The quantitative estimate of drug-likeness (QED) is 0.844. The second-order valence-electron chi connectivity index (χ2n) is 3.66. The Bertz CT molecular complexity index is 410. The van der Waals surface area contributed by atoms with E-state index in [1.54, 1.807) is 0 Å². The topological polar surface area (TPSA) is 38.9 Å². The van der Waals surface area contributed by atoms with Crippen molar-refractivity contribution >= 4 is 15.9 Å². The van der Waals surface area contributed by atoms with Crippen LogP contribution in [0.5, 0.6) is 0 Å². The predicted molar refractivity (Wildman–Crippen MR) is 52.2 cm³/mol. The maximum atomic E-state index is 13.3. The van der Waals surface area contributed by atoms with Gasteiger partial charge in [-0.2, -0.15) is 4.39 Å². The van der Waals surface area contributed by atoms with Gasteiger partial charge >= 0.3 is 0 Å². The number of hydrogen-bond donors (Lipinski definition) is 1. The van der Waals surface area contributed by atoms with Crippen molar-refractivity contribution in [3.63, 3.8) is 0 Å². The molecule has 1 aliphatic carbocycles. The first-order chi connectivity index (χ1) is 6.93. The fourth-order valence-corrected chi connectivity index (χ4v) is 2.05. The van der Waals surface area contributed by atoms with Crippen LogP contribution in [0.15, 0.2) is 16.7 Å². The predicted octanol–water partition coefficient (Wildman–Crippen LogP) is 2.22. The number of aromatic nitrogens is 1. The van der Waals surface area contributed by atoms with Gasteiger partial charge in [-0.3, -0.25) is 0 Å². The molecule has 0 radical (unpaired) electrons. The Kier molecular flexibility index (Phi) is 2.31. The Balaban J connectivity index is 2.50. The van der Waals surface area contributed by atoms with Gasteiger partial charge in [0, 0.05) is 29.2 Å². The summed E-state index contributed by atoms with van der Waals surface area (Å²) in [7, 11) is 0. The molecule has 2 nitrogen and oxygen atoms in total. The first-order valence-corrected chi connectivity index (χ1v) is 5.12. The summed E-state index contributed by atoms with van der Waals surface area (Å²) in [6.45, 7) is -0.283. The van der Waals surface area contributed by atoms with E-state index in [0.717, 1.165) is 0 Å². The average molecular weight is 281 g/mol. The van der Waals surface area contributed by atoms with Crippen LogP contribution < -0.4 is 5.73 Å². The van der Waals surface area contributed by atoms with E-state index >= 15 is 0 Å².